The summed E-state index contributed by atoms with van der Waals surface area (Å²) in [6, 6.07) is 10.1. The van der Waals surface area contributed by atoms with Crippen molar-refractivity contribution in [2.24, 2.45) is 0 Å². The van der Waals surface area contributed by atoms with Gasteiger partial charge in [0.15, 0.2) is 17.0 Å². The maximum atomic E-state index is 12.9. The summed E-state index contributed by atoms with van der Waals surface area (Å²) in [5, 5.41) is 12.5. The molecule has 0 saturated heterocycles. The van der Waals surface area contributed by atoms with Crippen LogP contribution in [0.3, 0.4) is 0 Å². The van der Waals surface area contributed by atoms with Gasteiger partial charge in [-0.1, -0.05) is 37.3 Å². The van der Waals surface area contributed by atoms with Gasteiger partial charge < -0.3 is 4.98 Å². The molecule has 0 bridgehead atoms. The number of H-pyrrole nitrogens is 1. The third-order valence-electron chi connectivity index (χ3n) is 4.78. The lowest BCUT2D eigenvalue weighted by molar-refractivity contribution is 0.446. The highest BCUT2D eigenvalue weighted by molar-refractivity contribution is 6.28. The van der Waals surface area contributed by atoms with Gasteiger partial charge in [0.2, 0.25) is 5.28 Å². The third-order valence-corrected chi connectivity index (χ3v) is 4.96. The van der Waals surface area contributed by atoms with E-state index in [0.717, 1.165) is 11.0 Å². The van der Waals surface area contributed by atoms with Crippen LogP contribution < -0.4 is 11.2 Å². The standard InChI is InChI=1S/C19H21ClN8O2/c1-2-10-26-16-15(21-18(20)22-16)17(29)27(19(26)30)11-12-28-24-14(23-25-28)9-8-13-6-4-3-5-7-13/h3-7H,2,8-12H2,1H3,(H,21,22). The van der Waals surface area contributed by atoms with Crippen molar-refractivity contribution in [2.75, 3.05) is 0 Å². The minimum atomic E-state index is -0.467. The van der Waals surface area contributed by atoms with Crippen molar-refractivity contribution in [3.8, 4) is 0 Å². The molecule has 0 aliphatic heterocycles. The summed E-state index contributed by atoms with van der Waals surface area (Å²) in [5.74, 6) is 0.616. The van der Waals surface area contributed by atoms with Crippen molar-refractivity contribution in [1.29, 1.82) is 0 Å². The first-order valence-electron chi connectivity index (χ1n) is 9.76. The van der Waals surface area contributed by atoms with Gasteiger partial charge in [0.1, 0.15) is 0 Å². The molecule has 10 nitrogen and oxygen atoms in total. The lowest BCUT2D eigenvalue weighted by atomic mass is 10.1. The Morgan fingerprint density at radius 3 is 2.60 bits per heavy atom. The molecule has 0 atom stereocenters. The molecule has 3 heterocycles. The van der Waals surface area contributed by atoms with Crippen LogP contribution in [-0.4, -0.2) is 39.3 Å². The summed E-state index contributed by atoms with van der Waals surface area (Å²) < 4.78 is 2.61. The van der Waals surface area contributed by atoms with E-state index < -0.39 is 11.2 Å². The topological polar surface area (TPSA) is 116 Å². The van der Waals surface area contributed by atoms with Gasteiger partial charge in [-0.3, -0.25) is 13.9 Å². The Bertz CT molecular complexity index is 1270. The van der Waals surface area contributed by atoms with Crippen molar-refractivity contribution < 1.29 is 0 Å². The zero-order chi connectivity index (χ0) is 21.1. The van der Waals surface area contributed by atoms with E-state index in [4.69, 9.17) is 11.6 Å². The molecule has 4 aromatic rings. The molecule has 0 spiro atoms. The van der Waals surface area contributed by atoms with Crippen LogP contribution in [0.5, 0.6) is 0 Å². The molecular weight excluding hydrogens is 408 g/mol. The molecule has 0 aliphatic carbocycles. The van der Waals surface area contributed by atoms with E-state index in [1.165, 1.54) is 14.9 Å². The normalized spacial score (nSPS) is 11.4. The van der Waals surface area contributed by atoms with Gasteiger partial charge in [0.05, 0.1) is 13.1 Å². The Morgan fingerprint density at radius 2 is 1.83 bits per heavy atom. The van der Waals surface area contributed by atoms with Gasteiger partial charge in [0, 0.05) is 13.0 Å². The molecule has 30 heavy (non-hydrogen) atoms. The fraction of sp³-hybridized carbons (Fsp3) is 0.368. The van der Waals surface area contributed by atoms with Gasteiger partial charge in [-0.2, -0.15) is 9.78 Å². The third kappa shape index (κ3) is 4.04. The zero-order valence-corrected chi connectivity index (χ0v) is 17.2. The molecule has 3 aromatic heterocycles. The van der Waals surface area contributed by atoms with E-state index in [1.807, 2.05) is 25.1 Å². The number of tetrazole rings is 1. The maximum absolute atomic E-state index is 12.9. The van der Waals surface area contributed by atoms with Crippen LogP contribution in [0.1, 0.15) is 24.7 Å². The maximum Gasteiger partial charge on any atom is 0.332 e. The minimum Gasteiger partial charge on any atom is -0.323 e. The highest BCUT2D eigenvalue weighted by Gasteiger charge is 2.17. The van der Waals surface area contributed by atoms with E-state index in [9.17, 15) is 9.59 Å². The Balaban J connectivity index is 1.52. The van der Waals surface area contributed by atoms with Crippen molar-refractivity contribution in [1.82, 2.24) is 39.3 Å². The number of fused-ring (bicyclic) bond motifs is 1. The molecule has 0 amide bonds. The predicted octanol–water partition coefficient (Wildman–Crippen LogP) is 1.42. The van der Waals surface area contributed by atoms with Gasteiger partial charge in [0.25, 0.3) is 5.56 Å². The molecule has 0 radical (unpaired) electrons. The van der Waals surface area contributed by atoms with Crippen molar-refractivity contribution in [3.63, 3.8) is 0 Å². The SMILES string of the molecule is CCCn1c(=O)n(CCn2nnc(CCc3ccccc3)n2)c(=O)c2[nH]c(Cl)nc21. The predicted molar refractivity (Wildman–Crippen MR) is 112 cm³/mol. The fourth-order valence-corrected chi connectivity index (χ4v) is 3.50. The van der Waals surface area contributed by atoms with Crippen LogP contribution in [-0.2, 0) is 32.5 Å². The summed E-state index contributed by atoms with van der Waals surface area (Å²) in [7, 11) is 0. The first kappa shape index (κ1) is 20.0. The van der Waals surface area contributed by atoms with E-state index in [-0.39, 0.29) is 29.5 Å². The molecule has 0 fully saturated rings. The first-order chi connectivity index (χ1) is 14.6. The minimum absolute atomic E-state index is 0.0742. The average molecular weight is 429 g/mol. The number of nitrogens with zero attached hydrogens (tertiary/aromatic N) is 7. The monoisotopic (exact) mass is 428 g/mol. The second kappa shape index (κ2) is 8.62. The number of benzene rings is 1. The molecule has 1 N–H and O–H groups in total. The number of hydrogen-bond acceptors (Lipinski definition) is 6. The molecule has 0 unspecified atom stereocenters. The summed E-state index contributed by atoms with van der Waals surface area (Å²) in [5.41, 5.74) is 0.787. The zero-order valence-electron chi connectivity index (χ0n) is 16.5. The fourth-order valence-electron chi connectivity index (χ4n) is 3.32. The number of aryl methyl sites for hydroxylation is 4. The lowest BCUT2D eigenvalue weighted by Crippen LogP contribution is -2.41. The molecular formula is C19H21ClN8O2. The molecule has 4 rings (SSSR count). The van der Waals surface area contributed by atoms with Crippen LogP contribution in [0.4, 0.5) is 0 Å². The summed E-state index contributed by atoms with van der Waals surface area (Å²) in [6.07, 6.45) is 2.18. The summed E-state index contributed by atoms with van der Waals surface area (Å²) in [4.78, 5) is 33.8. The Kier molecular flexibility index (Phi) is 5.75. The van der Waals surface area contributed by atoms with Crippen LogP contribution in [0.15, 0.2) is 39.9 Å². The average Bonchev–Trinajstić information content (AvgIpc) is 3.37. The quantitative estimate of drug-likeness (QED) is 0.424. The van der Waals surface area contributed by atoms with Crippen molar-refractivity contribution >= 4 is 22.8 Å². The number of halogens is 1. The van der Waals surface area contributed by atoms with Crippen LogP contribution in [0.25, 0.3) is 11.2 Å². The van der Waals surface area contributed by atoms with Gasteiger partial charge in [-0.15, -0.1) is 10.2 Å². The van der Waals surface area contributed by atoms with Crippen LogP contribution in [0, 0.1) is 0 Å². The molecule has 0 saturated carbocycles. The summed E-state index contributed by atoms with van der Waals surface area (Å²) >= 11 is 5.92. The van der Waals surface area contributed by atoms with E-state index in [1.54, 1.807) is 0 Å². The van der Waals surface area contributed by atoms with Gasteiger partial charge in [-0.05, 0) is 35.2 Å². The van der Waals surface area contributed by atoms with Gasteiger partial charge in [-0.25, -0.2) is 4.79 Å². The first-order valence-corrected chi connectivity index (χ1v) is 10.1. The van der Waals surface area contributed by atoms with Gasteiger partial charge >= 0.3 is 5.69 Å². The largest absolute Gasteiger partial charge is 0.332 e. The van der Waals surface area contributed by atoms with Crippen molar-refractivity contribution in [3.05, 3.63) is 67.8 Å². The second-order valence-electron chi connectivity index (χ2n) is 6.90. The Morgan fingerprint density at radius 1 is 1.03 bits per heavy atom. The van der Waals surface area contributed by atoms with E-state index in [0.29, 0.717) is 25.2 Å². The highest BCUT2D eigenvalue weighted by atomic mass is 35.5. The molecule has 0 aliphatic rings. The smallest absolute Gasteiger partial charge is 0.323 e. The lowest BCUT2D eigenvalue weighted by Gasteiger charge is -2.10. The molecule has 1 aromatic carbocycles. The summed E-state index contributed by atoms with van der Waals surface area (Å²) in [6.45, 7) is 2.73. The highest BCUT2D eigenvalue weighted by Crippen LogP contribution is 2.10. The number of nitrogens with one attached hydrogen (secondary N) is 1. The number of hydrogen-bond donors (Lipinski definition) is 1. The number of imidazole rings is 1. The Labute approximate surface area is 176 Å². The number of rotatable bonds is 8. The van der Waals surface area contributed by atoms with Crippen LogP contribution >= 0.6 is 11.6 Å². The Hall–Kier alpha value is -3.27. The number of aromatic nitrogens is 8. The van der Waals surface area contributed by atoms with Crippen molar-refractivity contribution in [2.45, 2.75) is 45.8 Å². The molecule has 156 valence electrons. The van der Waals surface area contributed by atoms with E-state index in [2.05, 4.69) is 37.5 Å². The van der Waals surface area contributed by atoms with E-state index >= 15 is 0 Å². The number of aromatic amines is 1. The van der Waals surface area contributed by atoms with Crippen LogP contribution in [0.2, 0.25) is 5.28 Å². The molecule has 11 heteroatoms. The second-order valence-corrected chi connectivity index (χ2v) is 7.26.